The second-order valence-electron chi connectivity index (χ2n) is 3.93. The maximum absolute atomic E-state index is 13.7. The van der Waals surface area contributed by atoms with Gasteiger partial charge in [-0.3, -0.25) is 0 Å². The predicted octanol–water partition coefficient (Wildman–Crippen LogP) is 2.65. The molecule has 0 spiro atoms. The van der Waals surface area contributed by atoms with E-state index in [0.717, 1.165) is 5.19 Å². The van der Waals surface area contributed by atoms with Gasteiger partial charge in [-0.25, -0.2) is 0 Å². The van der Waals surface area contributed by atoms with Crippen LogP contribution in [0.1, 0.15) is 20.8 Å². The van der Waals surface area contributed by atoms with Crippen molar-refractivity contribution in [3.05, 3.63) is 30.3 Å². The number of benzene rings is 1. The van der Waals surface area contributed by atoms with E-state index < -0.39 is 9.13 Å². The summed E-state index contributed by atoms with van der Waals surface area (Å²) in [5, 5.41) is 0.668. The van der Waals surface area contributed by atoms with Crippen molar-refractivity contribution in [2.24, 2.45) is 0 Å². The topological polar surface area (TPSA) is 0 Å². The summed E-state index contributed by atoms with van der Waals surface area (Å²) in [6, 6.07) is 9.46. The van der Waals surface area contributed by atoms with Crippen molar-refractivity contribution < 1.29 is 4.11 Å². The standard InChI is InChI=1S/C10H14FSi/c1-10(2,3)12(11)9-7-5-4-6-8-9/h4-8H,1-3H3/q+1. The van der Waals surface area contributed by atoms with Crippen LogP contribution in [0.25, 0.3) is 0 Å². The van der Waals surface area contributed by atoms with Gasteiger partial charge in [-0.15, -0.1) is 0 Å². The first kappa shape index (κ1) is 9.45. The molecule has 2 heteroatoms. The van der Waals surface area contributed by atoms with Gasteiger partial charge in [0.15, 0.2) is 0 Å². The Morgan fingerprint density at radius 2 is 1.58 bits per heavy atom. The van der Waals surface area contributed by atoms with Gasteiger partial charge in [-0.2, -0.15) is 0 Å². The van der Waals surface area contributed by atoms with Crippen LogP contribution in [0.4, 0.5) is 4.11 Å². The molecule has 0 aliphatic rings. The minimum Gasteiger partial charge on any atom is -0.0627 e. The first-order valence-electron chi connectivity index (χ1n) is 4.10. The number of hydrogen-bond donors (Lipinski definition) is 0. The normalized spacial score (nSPS) is 11.3. The molecule has 0 fully saturated rings. The van der Waals surface area contributed by atoms with Gasteiger partial charge in [-0.05, 0) is 32.9 Å². The number of rotatable bonds is 1. The lowest BCUT2D eigenvalue weighted by atomic mass is 10.2. The lowest BCUT2D eigenvalue weighted by Gasteiger charge is -2.07. The molecule has 0 heterocycles. The van der Waals surface area contributed by atoms with Gasteiger partial charge >= 0.3 is 9.13 Å². The lowest BCUT2D eigenvalue weighted by molar-refractivity contribution is 0.663. The molecule has 12 heavy (non-hydrogen) atoms. The molecule has 1 aromatic rings. The molecule has 0 N–H and O–H groups in total. The fourth-order valence-corrected chi connectivity index (χ4v) is 2.37. The molecule has 0 bridgehead atoms. The third-order valence-electron chi connectivity index (χ3n) is 1.69. The molecule has 0 amide bonds. The Hall–Kier alpha value is -0.633. The van der Waals surface area contributed by atoms with Gasteiger partial charge in [-0.1, -0.05) is 22.3 Å². The zero-order chi connectivity index (χ0) is 9.19. The van der Waals surface area contributed by atoms with E-state index in [4.69, 9.17) is 0 Å². The zero-order valence-corrected chi connectivity index (χ0v) is 8.76. The summed E-state index contributed by atoms with van der Waals surface area (Å²) >= 11 is 0. The third-order valence-corrected chi connectivity index (χ3v) is 3.84. The number of halogens is 1. The largest absolute Gasteiger partial charge is 0.586 e. The van der Waals surface area contributed by atoms with Crippen LogP contribution in [0, 0.1) is 0 Å². The van der Waals surface area contributed by atoms with Crippen molar-refractivity contribution in [1.82, 2.24) is 0 Å². The van der Waals surface area contributed by atoms with Crippen LogP contribution in [0.2, 0.25) is 5.04 Å². The fourth-order valence-electron chi connectivity index (χ4n) is 1.02. The quantitative estimate of drug-likeness (QED) is 0.461. The monoisotopic (exact) mass is 181 g/mol. The second-order valence-corrected chi connectivity index (χ2v) is 6.64. The van der Waals surface area contributed by atoms with Gasteiger partial charge in [0.05, 0.1) is 0 Å². The molecule has 0 atom stereocenters. The molecule has 0 aliphatic carbocycles. The van der Waals surface area contributed by atoms with E-state index in [2.05, 4.69) is 0 Å². The minimum atomic E-state index is -1.88. The molecule has 1 aromatic carbocycles. The predicted molar refractivity (Wildman–Crippen MR) is 52.7 cm³/mol. The van der Waals surface area contributed by atoms with Crippen molar-refractivity contribution in [2.75, 3.05) is 0 Å². The molecule has 64 valence electrons. The number of hydrogen-bond acceptors (Lipinski definition) is 0. The average molecular weight is 181 g/mol. The summed E-state index contributed by atoms with van der Waals surface area (Å²) in [7, 11) is -1.88. The van der Waals surface area contributed by atoms with Gasteiger partial charge in [0.2, 0.25) is 0 Å². The van der Waals surface area contributed by atoms with Gasteiger partial charge < -0.3 is 0 Å². The van der Waals surface area contributed by atoms with Crippen LogP contribution >= 0.6 is 0 Å². The zero-order valence-electron chi connectivity index (χ0n) is 7.76. The van der Waals surface area contributed by atoms with Crippen LogP contribution in [0.3, 0.4) is 0 Å². The Bertz CT molecular complexity index is 238. The van der Waals surface area contributed by atoms with Crippen LogP contribution in [-0.2, 0) is 0 Å². The Kier molecular flexibility index (Phi) is 2.68. The van der Waals surface area contributed by atoms with E-state index in [0.29, 0.717) is 0 Å². The highest BCUT2D eigenvalue weighted by atomic mass is 28.3. The molecule has 0 aromatic heterocycles. The van der Waals surface area contributed by atoms with Gasteiger partial charge in [0, 0.05) is 0 Å². The Balaban J connectivity index is 2.86. The maximum Gasteiger partial charge on any atom is 0.586 e. The van der Waals surface area contributed by atoms with E-state index in [1.165, 1.54) is 0 Å². The molecular weight excluding hydrogens is 167 g/mol. The van der Waals surface area contributed by atoms with Gasteiger partial charge in [0.25, 0.3) is 0 Å². The van der Waals surface area contributed by atoms with E-state index in [-0.39, 0.29) is 5.04 Å². The van der Waals surface area contributed by atoms with E-state index >= 15 is 0 Å². The molecule has 0 unspecified atom stereocenters. The highest BCUT2D eigenvalue weighted by Gasteiger charge is 2.46. The molecular formula is C10H14FSi+. The summed E-state index contributed by atoms with van der Waals surface area (Å²) < 4.78 is 13.7. The molecule has 0 saturated carbocycles. The summed E-state index contributed by atoms with van der Waals surface area (Å²) in [6.45, 7) is 5.86. The van der Waals surface area contributed by atoms with Crippen LogP contribution in [-0.4, -0.2) is 9.13 Å². The Morgan fingerprint density at radius 1 is 1.08 bits per heavy atom. The maximum atomic E-state index is 13.7. The summed E-state index contributed by atoms with van der Waals surface area (Å²) in [5.41, 5.74) is 0. The van der Waals surface area contributed by atoms with E-state index in [1.54, 1.807) is 0 Å². The highest BCUT2D eigenvalue weighted by Crippen LogP contribution is 2.26. The van der Waals surface area contributed by atoms with Gasteiger partial charge in [0.1, 0.15) is 10.2 Å². The van der Waals surface area contributed by atoms with Crippen molar-refractivity contribution in [1.29, 1.82) is 0 Å². The fraction of sp³-hybridized carbons (Fsp3) is 0.400. The third kappa shape index (κ3) is 2.17. The molecule has 0 radical (unpaired) electrons. The van der Waals surface area contributed by atoms with Crippen LogP contribution in [0.15, 0.2) is 30.3 Å². The Morgan fingerprint density at radius 3 is 2.00 bits per heavy atom. The first-order valence-corrected chi connectivity index (χ1v) is 5.48. The second kappa shape index (κ2) is 3.40. The SMILES string of the molecule is CC(C)(C)[Si+](F)c1ccccc1. The van der Waals surface area contributed by atoms with Crippen molar-refractivity contribution in [3.63, 3.8) is 0 Å². The average Bonchev–Trinajstić information content (AvgIpc) is 2.03. The van der Waals surface area contributed by atoms with E-state index in [1.807, 2.05) is 51.1 Å². The van der Waals surface area contributed by atoms with E-state index in [9.17, 15) is 4.11 Å². The Labute approximate surface area is 75.2 Å². The van der Waals surface area contributed by atoms with Crippen molar-refractivity contribution in [3.8, 4) is 0 Å². The first-order chi connectivity index (χ1) is 5.52. The smallest absolute Gasteiger partial charge is 0.0627 e. The molecule has 0 aliphatic heterocycles. The lowest BCUT2D eigenvalue weighted by Crippen LogP contribution is -2.34. The van der Waals surface area contributed by atoms with Crippen LogP contribution < -0.4 is 5.19 Å². The highest BCUT2D eigenvalue weighted by molar-refractivity contribution is 6.69. The molecule has 0 nitrogen and oxygen atoms in total. The summed E-state index contributed by atoms with van der Waals surface area (Å²) in [5.74, 6) is 0. The van der Waals surface area contributed by atoms with Crippen molar-refractivity contribution in [2.45, 2.75) is 25.8 Å². The van der Waals surface area contributed by atoms with Crippen LogP contribution in [0.5, 0.6) is 0 Å². The summed E-state index contributed by atoms with van der Waals surface area (Å²) in [4.78, 5) is 0. The summed E-state index contributed by atoms with van der Waals surface area (Å²) in [6.07, 6.45) is 0. The molecule has 0 saturated heterocycles. The van der Waals surface area contributed by atoms with Crippen molar-refractivity contribution >= 4 is 14.3 Å². The molecule has 1 rings (SSSR count). The minimum absolute atomic E-state index is 0.202.